The van der Waals surface area contributed by atoms with Gasteiger partial charge < -0.3 is 10.1 Å². The summed E-state index contributed by atoms with van der Waals surface area (Å²) in [6.07, 6.45) is 1.57. The van der Waals surface area contributed by atoms with Crippen LogP contribution in [0.15, 0.2) is 71.7 Å². The average Bonchev–Trinajstić information content (AvgIpc) is 2.65. The molecule has 0 aliphatic rings. The van der Waals surface area contributed by atoms with Crippen molar-refractivity contribution in [2.24, 2.45) is 0 Å². The second kappa shape index (κ2) is 7.87. The fraction of sp³-hybridized carbons (Fsp3) is 0.111. The number of ether oxygens (including phenoxy) is 1. The Hall–Kier alpha value is -3.48. The molecule has 0 fully saturated rings. The third kappa shape index (κ3) is 4.51. The number of para-hydroxylation sites is 1. The number of benzene rings is 1. The summed E-state index contributed by atoms with van der Waals surface area (Å²) in [4.78, 5) is 28.1. The highest BCUT2D eigenvalue weighted by molar-refractivity contribution is 6.02. The van der Waals surface area contributed by atoms with Gasteiger partial charge in [0.25, 0.3) is 11.5 Å². The molecule has 7 nitrogen and oxygen atoms in total. The van der Waals surface area contributed by atoms with Crippen molar-refractivity contribution in [3.63, 3.8) is 0 Å². The predicted molar refractivity (Wildman–Crippen MR) is 92.6 cm³/mol. The highest BCUT2D eigenvalue weighted by atomic mass is 16.5. The number of nitrogens with zero attached hydrogens (tertiary/aromatic N) is 3. The van der Waals surface area contributed by atoms with E-state index in [0.717, 1.165) is 0 Å². The van der Waals surface area contributed by atoms with E-state index in [2.05, 4.69) is 15.4 Å². The lowest BCUT2D eigenvalue weighted by Crippen LogP contribution is -2.28. The van der Waals surface area contributed by atoms with Crippen molar-refractivity contribution in [1.82, 2.24) is 14.8 Å². The Bertz CT molecular complexity index is 895. The summed E-state index contributed by atoms with van der Waals surface area (Å²) in [5.41, 5.74) is -0.170. The van der Waals surface area contributed by atoms with Crippen molar-refractivity contribution in [3.8, 4) is 5.75 Å². The smallest absolute Gasteiger partial charge is 0.277 e. The fourth-order valence-electron chi connectivity index (χ4n) is 2.11. The molecule has 1 amide bonds. The van der Waals surface area contributed by atoms with Crippen LogP contribution < -0.4 is 15.6 Å². The lowest BCUT2D eigenvalue weighted by atomic mass is 10.3. The zero-order chi connectivity index (χ0) is 17.5. The van der Waals surface area contributed by atoms with Crippen LogP contribution in [0.4, 0.5) is 5.82 Å². The van der Waals surface area contributed by atoms with Crippen LogP contribution in [0, 0.1) is 0 Å². The summed E-state index contributed by atoms with van der Waals surface area (Å²) < 4.78 is 6.76. The Kier molecular flexibility index (Phi) is 5.16. The van der Waals surface area contributed by atoms with Gasteiger partial charge in [-0.1, -0.05) is 24.3 Å². The van der Waals surface area contributed by atoms with Gasteiger partial charge in [-0.25, -0.2) is 9.67 Å². The first-order valence-electron chi connectivity index (χ1n) is 7.71. The fourth-order valence-corrected chi connectivity index (χ4v) is 2.11. The number of pyridine rings is 1. The number of carbonyl (C=O) groups is 1. The van der Waals surface area contributed by atoms with E-state index in [1.807, 2.05) is 30.3 Å². The molecule has 25 heavy (non-hydrogen) atoms. The van der Waals surface area contributed by atoms with Gasteiger partial charge in [0.1, 0.15) is 23.9 Å². The number of anilines is 1. The first kappa shape index (κ1) is 16.4. The summed E-state index contributed by atoms with van der Waals surface area (Å²) >= 11 is 0. The maximum absolute atomic E-state index is 12.2. The highest BCUT2D eigenvalue weighted by Gasteiger charge is 2.10. The van der Waals surface area contributed by atoms with Gasteiger partial charge in [0, 0.05) is 12.3 Å². The molecule has 0 aliphatic carbocycles. The molecule has 0 unspecified atom stereocenters. The molecule has 1 aromatic carbocycles. The van der Waals surface area contributed by atoms with E-state index < -0.39 is 5.91 Å². The van der Waals surface area contributed by atoms with E-state index in [4.69, 9.17) is 4.74 Å². The standard InChI is InChI=1S/C18H16N4O3/c23-17-10-9-15(18(24)20-16-8-4-5-11-19-16)21-22(17)12-13-25-14-6-2-1-3-7-14/h1-11H,12-13H2,(H,19,20,24). The monoisotopic (exact) mass is 336 g/mol. The van der Waals surface area contributed by atoms with Gasteiger partial charge in [-0.3, -0.25) is 9.59 Å². The van der Waals surface area contributed by atoms with Crippen molar-refractivity contribution < 1.29 is 9.53 Å². The molecule has 3 aromatic rings. The number of rotatable bonds is 6. The maximum atomic E-state index is 12.2. The molecule has 0 bridgehead atoms. The minimum Gasteiger partial charge on any atom is -0.492 e. The largest absolute Gasteiger partial charge is 0.492 e. The van der Waals surface area contributed by atoms with Crippen molar-refractivity contribution in [2.75, 3.05) is 11.9 Å². The van der Waals surface area contributed by atoms with Gasteiger partial charge in [0.05, 0.1) is 6.54 Å². The third-order valence-electron chi connectivity index (χ3n) is 3.32. The van der Waals surface area contributed by atoms with E-state index in [-0.39, 0.29) is 24.4 Å². The Balaban J connectivity index is 1.65. The third-order valence-corrected chi connectivity index (χ3v) is 3.32. The lowest BCUT2D eigenvalue weighted by molar-refractivity contribution is 0.101. The summed E-state index contributed by atoms with van der Waals surface area (Å²) in [7, 11) is 0. The lowest BCUT2D eigenvalue weighted by Gasteiger charge is -2.09. The van der Waals surface area contributed by atoms with E-state index in [0.29, 0.717) is 11.6 Å². The van der Waals surface area contributed by atoms with E-state index in [9.17, 15) is 9.59 Å². The van der Waals surface area contributed by atoms with Crippen LogP contribution in [0.5, 0.6) is 5.75 Å². The number of amides is 1. The van der Waals surface area contributed by atoms with Gasteiger partial charge in [0.2, 0.25) is 0 Å². The Labute approximate surface area is 143 Å². The van der Waals surface area contributed by atoms with Crippen LogP contribution in [-0.2, 0) is 6.54 Å². The van der Waals surface area contributed by atoms with Crippen molar-refractivity contribution >= 4 is 11.7 Å². The van der Waals surface area contributed by atoms with Crippen molar-refractivity contribution in [1.29, 1.82) is 0 Å². The zero-order valence-electron chi connectivity index (χ0n) is 13.3. The Morgan fingerprint density at radius 2 is 1.84 bits per heavy atom. The van der Waals surface area contributed by atoms with Gasteiger partial charge in [-0.05, 0) is 30.3 Å². The number of hydrogen-bond acceptors (Lipinski definition) is 5. The summed E-state index contributed by atoms with van der Waals surface area (Å²) in [5.74, 6) is 0.690. The van der Waals surface area contributed by atoms with E-state index >= 15 is 0 Å². The quantitative estimate of drug-likeness (QED) is 0.744. The van der Waals surface area contributed by atoms with E-state index in [1.165, 1.54) is 16.8 Å². The second-order valence-electron chi connectivity index (χ2n) is 5.11. The van der Waals surface area contributed by atoms with Crippen LogP contribution in [0.3, 0.4) is 0 Å². The molecule has 0 radical (unpaired) electrons. The minimum absolute atomic E-state index is 0.130. The van der Waals surface area contributed by atoms with Crippen molar-refractivity contribution in [3.05, 3.63) is 82.9 Å². The molecule has 7 heteroatoms. The molecule has 0 aliphatic heterocycles. The molecule has 2 aromatic heterocycles. The van der Waals surface area contributed by atoms with Crippen LogP contribution in [0.1, 0.15) is 10.5 Å². The van der Waals surface area contributed by atoms with Crippen LogP contribution in [0.25, 0.3) is 0 Å². The first-order valence-corrected chi connectivity index (χ1v) is 7.71. The van der Waals surface area contributed by atoms with Gasteiger partial charge >= 0.3 is 0 Å². The number of carbonyl (C=O) groups excluding carboxylic acids is 1. The summed E-state index contributed by atoms with van der Waals surface area (Å²) in [6.45, 7) is 0.501. The SMILES string of the molecule is O=C(Nc1ccccn1)c1ccc(=O)n(CCOc2ccccc2)n1. The molecule has 0 spiro atoms. The van der Waals surface area contributed by atoms with Crippen LogP contribution >= 0.6 is 0 Å². The predicted octanol–water partition coefficient (Wildman–Crippen LogP) is 1.97. The van der Waals surface area contributed by atoms with Gasteiger partial charge in [-0.15, -0.1) is 0 Å². The number of hydrogen-bond donors (Lipinski definition) is 1. The molecular formula is C18H16N4O3. The van der Waals surface area contributed by atoms with Gasteiger partial charge in [0.15, 0.2) is 0 Å². The molecule has 1 N–H and O–H groups in total. The molecule has 3 rings (SSSR count). The molecule has 2 heterocycles. The average molecular weight is 336 g/mol. The molecular weight excluding hydrogens is 320 g/mol. The molecule has 0 saturated carbocycles. The second-order valence-corrected chi connectivity index (χ2v) is 5.11. The Morgan fingerprint density at radius 3 is 2.60 bits per heavy atom. The van der Waals surface area contributed by atoms with Crippen LogP contribution in [0.2, 0.25) is 0 Å². The first-order chi connectivity index (χ1) is 12.2. The topological polar surface area (TPSA) is 86.1 Å². The van der Waals surface area contributed by atoms with Crippen molar-refractivity contribution in [2.45, 2.75) is 6.54 Å². The normalized spacial score (nSPS) is 10.2. The van der Waals surface area contributed by atoms with E-state index in [1.54, 1.807) is 24.4 Å². The maximum Gasteiger partial charge on any atom is 0.277 e. The zero-order valence-corrected chi connectivity index (χ0v) is 13.3. The summed E-state index contributed by atoms with van der Waals surface area (Å²) in [6, 6.07) is 17.1. The Morgan fingerprint density at radius 1 is 1.04 bits per heavy atom. The molecule has 126 valence electrons. The van der Waals surface area contributed by atoms with Crippen LogP contribution in [-0.4, -0.2) is 27.3 Å². The number of nitrogens with one attached hydrogen (secondary N) is 1. The van der Waals surface area contributed by atoms with Gasteiger partial charge in [-0.2, -0.15) is 5.10 Å². The number of aromatic nitrogens is 3. The highest BCUT2D eigenvalue weighted by Crippen LogP contribution is 2.08. The minimum atomic E-state index is -0.434. The molecule has 0 saturated heterocycles. The molecule has 0 atom stereocenters. The summed E-state index contributed by atoms with van der Waals surface area (Å²) in [5, 5.41) is 6.71.